The zero-order valence-electron chi connectivity index (χ0n) is 8.82. The molecule has 1 nitrogen and oxygen atoms in total. The molecule has 1 aliphatic heterocycles. The monoisotopic (exact) mass is 205 g/mol. The van der Waals surface area contributed by atoms with E-state index >= 15 is 0 Å². The van der Waals surface area contributed by atoms with Gasteiger partial charge in [0.25, 0.3) is 0 Å². The maximum atomic E-state index is 14.2. The molecule has 2 unspecified atom stereocenters. The van der Waals surface area contributed by atoms with Gasteiger partial charge < -0.3 is 0 Å². The first kappa shape index (κ1) is 9.34. The molecule has 2 atom stereocenters. The summed E-state index contributed by atoms with van der Waals surface area (Å²) >= 11 is 0. The summed E-state index contributed by atoms with van der Waals surface area (Å²) in [6.45, 7) is 2.16. The second-order valence-electron chi connectivity index (χ2n) is 4.62. The minimum absolute atomic E-state index is 0.116. The van der Waals surface area contributed by atoms with E-state index in [4.69, 9.17) is 0 Å². The minimum Gasteiger partial charge on any atom is -0.297 e. The fourth-order valence-electron chi connectivity index (χ4n) is 2.91. The largest absolute Gasteiger partial charge is 0.297 e. The Bertz CT molecular complexity index is 357. The van der Waals surface area contributed by atoms with Gasteiger partial charge in [0.1, 0.15) is 6.17 Å². The van der Waals surface area contributed by atoms with Gasteiger partial charge >= 0.3 is 0 Å². The van der Waals surface area contributed by atoms with E-state index in [1.54, 1.807) is 0 Å². The van der Waals surface area contributed by atoms with E-state index < -0.39 is 6.17 Å². The Hall–Kier alpha value is -0.890. The molecule has 1 heterocycles. The third-order valence-corrected chi connectivity index (χ3v) is 3.73. The average molecular weight is 205 g/mol. The Morgan fingerprint density at radius 1 is 1.13 bits per heavy atom. The summed E-state index contributed by atoms with van der Waals surface area (Å²) in [6, 6.07) is 8.08. The Balaban J connectivity index is 1.86. The number of hydrogen-bond donors (Lipinski definition) is 0. The van der Waals surface area contributed by atoms with Crippen molar-refractivity contribution in [2.24, 2.45) is 0 Å². The standard InChI is InChI=1S/C13H16FN/c14-13-11-6-2-1-5-10(11)9-12(13)15-7-3-4-8-15/h1-2,5-6,12-13H,3-4,7-9H2. The number of hydrogen-bond acceptors (Lipinski definition) is 1. The van der Waals surface area contributed by atoms with E-state index in [1.807, 2.05) is 18.2 Å². The summed E-state index contributed by atoms with van der Waals surface area (Å²) in [5, 5.41) is 0. The Morgan fingerprint density at radius 2 is 1.87 bits per heavy atom. The van der Waals surface area contributed by atoms with E-state index in [0.717, 1.165) is 25.1 Å². The third kappa shape index (κ3) is 1.48. The SMILES string of the molecule is FC1c2ccccc2CC1N1CCCC1. The minimum atomic E-state index is -0.765. The van der Waals surface area contributed by atoms with Crippen molar-refractivity contribution in [3.8, 4) is 0 Å². The summed E-state index contributed by atoms with van der Waals surface area (Å²) in [6.07, 6.45) is 2.61. The van der Waals surface area contributed by atoms with E-state index in [2.05, 4.69) is 11.0 Å². The Kier molecular flexibility index (Phi) is 2.24. The highest BCUT2D eigenvalue weighted by Crippen LogP contribution is 2.38. The molecule has 1 aromatic rings. The van der Waals surface area contributed by atoms with Crippen LogP contribution in [-0.2, 0) is 6.42 Å². The highest BCUT2D eigenvalue weighted by atomic mass is 19.1. The smallest absolute Gasteiger partial charge is 0.141 e. The molecule has 0 amide bonds. The Labute approximate surface area is 89.9 Å². The van der Waals surface area contributed by atoms with Crippen molar-refractivity contribution in [3.05, 3.63) is 35.4 Å². The molecule has 0 spiro atoms. The van der Waals surface area contributed by atoms with Crippen molar-refractivity contribution in [3.63, 3.8) is 0 Å². The predicted octanol–water partition coefficient (Wildman–Crippen LogP) is 2.72. The normalized spacial score (nSPS) is 30.7. The predicted molar refractivity (Wildman–Crippen MR) is 58.6 cm³/mol. The molecule has 1 fully saturated rings. The maximum absolute atomic E-state index is 14.2. The lowest BCUT2D eigenvalue weighted by Crippen LogP contribution is -2.34. The van der Waals surface area contributed by atoms with Crippen LogP contribution in [0.4, 0.5) is 4.39 Å². The molecule has 2 heteroatoms. The van der Waals surface area contributed by atoms with Crippen LogP contribution in [0.25, 0.3) is 0 Å². The van der Waals surface area contributed by atoms with Gasteiger partial charge in [0.15, 0.2) is 0 Å². The molecule has 0 aromatic heterocycles. The highest BCUT2D eigenvalue weighted by molar-refractivity contribution is 5.36. The molecule has 1 aromatic carbocycles. The quantitative estimate of drug-likeness (QED) is 0.681. The van der Waals surface area contributed by atoms with Crippen molar-refractivity contribution in [1.29, 1.82) is 0 Å². The fraction of sp³-hybridized carbons (Fsp3) is 0.538. The zero-order valence-corrected chi connectivity index (χ0v) is 8.82. The van der Waals surface area contributed by atoms with Gasteiger partial charge in [-0.25, -0.2) is 4.39 Å². The number of halogens is 1. The van der Waals surface area contributed by atoms with E-state index in [0.29, 0.717) is 0 Å². The number of alkyl halides is 1. The van der Waals surface area contributed by atoms with Gasteiger partial charge in [-0.2, -0.15) is 0 Å². The van der Waals surface area contributed by atoms with Crippen LogP contribution in [0.15, 0.2) is 24.3 Å². The molecule has 0 radical (unpaired) electrons. The molecule has 1 aliphatic carbocycles. The maximum Gasteiger partial charge on any atom is 0.141 e. The van der Waals surface area contributed by atoms with Gasteiger partial charge in [0.2, 0.25) is 0 Å². The van der Waals surface area contributed by atoms with E-state index in [9.17, 15) is 4.39 Å². The zero-order chi connectivity index (χ0) is 10.3. The molecule has 0 bridgehead atoms. The molecular weight excluding hydrogens is 189 g/mol. The van der Waals surface area contributed by atoms with Gasteiger partial charge in [0, 0.05) is 6.04 Å². The van der Waals surface area contributed by atoms with Crippen LogP contribution in [0.2, 0.25) is 0 Å². The molecule has 0 N–H and O–H groups in total. The van der Waals surface area contributed by atoms with E-state index in [1.165, 1.54) is 18.4 Å². The lowest BCUT2D eigenvalue weighted by atomic mass is 10.1. The molecule has 2 aliphatic rings. The van der Waals surface area contributed by atoms with E-state index in [-0.39, 0.29) is 6.04 Å². The topological polar surface area (TPSA) is 3.24 Å². The van der Waals surface area contributed by atoms with Crippen LogP contribution in [0.5, 0.6) is 0 Å². The summed E-state index contributed by atoms with van der Waals surface area (Å²) in [4.78, 5) is 2.32. The van der Waals surface area contributed by atoms with Crippen molar-refractivity contribution >= 4 is 0 Å². The van der Waals surface area contributed by atoms with Crippen LogP contribution in [0.3, 0.4) is 0 Å². The van der Waals surface area contributed by atoms with Crippen molar-refractivity contribution in [2.75, 3.05) is 13.1 Å². The Morgan fingerprint density at radius 3 is 2.60 bits per heavy atom. The summed E-state index contributed by atoms with van der Waals surface area (Å²) < 4.78 is 14.2. The number of rotatable bonds is 1. The number of fused-ring (bicyclic) bond motifs is 1. The van der Waals surface area contributed by atoms with Crippen LogP contribution < -0.4 is 0 Å². The molecule has 0 saturated carbocycles. The summed E-state index contributed by atoms with van der Waals surface area (Å²) in [5.74, 6) is 0. The van der Waals surface area contributed by atoms with Gasteiger partial charge in [-0.15, -0.1) is 0 Å². The summed E-state index contributed by atoms with van der Waals surface area (Å²) in [5.41, 5.74) is 2.14. The van der Waals surface area contributed by atoms with Crippen LogP contribution in [-0.4, -0.2) is 24.0 Å². The highest BCUT2D eigenvalue weighted by Gasteiger charge is 2.36. The van der Waals surface area contributed by atoms with Gasteiger partial charge in [0.05, 0.1) is 0 Å². The fourth-order valence-corrected chi connectivity index (χ4v) is 2.91. The number of likely N-dealkylation sites (tertiary alicyclic amines) is 1. The lowest BCUT2D eigenvalue weighted by Gasteiger charge is -2.24. The van der Waals surface area contributed by atoms with Crippen LogP contribution in [0.1, 0.15) is 30.1 Å². The van der Waals surface area contributed by atoms with Gasteiger partial charge in [-0.3, -0.25) is 4.90 Å². The van der Waals surface area contributed by atoms with Gasteiger partial charge in [-0.05, 0) is 43.5 Å². The molecule has 1 saturated heterocycles. The van der Waals surface area contributed by atoms with Crippen molar-refractivity contribution in [1.82, 2.24) is 4.90 Å². The molecule has 80 valence electrons. The molecule has 15 heavy (non-hydrogen) atoms. The van der Waals surface area contributed by atoms with Crippen LogP contribution >= 0.6 is 0 Å². The number of benzene rings is 1. The first-order chi connectivity index (χ1) is 7.36. The molecular formula is C13H16FN. The third-order valence-electron chi connectivity index (χ3n) is 3.73. The van der Waals surface area contributed by atoms with Crippen molar-refractivity contribution in [2.45, 2.75) is 31.5 Å². The molecule has 3 rings (SSSR count). The van der Waals surface area contributed by atoms with Gasteiger partial charge in [-0.1, -0.05) is 24.3 Å². The number of nitrogens with zero attached hydrogens (tertiary/aromatic N) is 1. The second kappa shape index (κ2) is 3.60. The first-order valence-electron chi connectivity index (χ1n) is 5.82. The summed E-state index contributed by atoms with van der Waals surface area (Å²) in [7, 11) is 0. The average Bonchev–Trinajstić information content (AvgIpc) is 2.87. The van der Waals surface area contributed by atoms with Crippen LogP contribution in [0, 0.1) is 0 Å². The van der Waals surface area contributed by atoms with Crippen molar-refractivity contribution < 1.29 is 4.39 Å². The lowest BCUT2D eigenvalue weighted by molar-refractivity contribution is 0.148. The first-order valence-corrected chi connectivity index (χ1v) is 5.82. The second-order valence-corrected chi connectivity index (χ2v) is 4.62.